The maximum absolute atomic E-state index is 7.75. The van der Waals surface area contributed by atoms with E-state index >= 15 is 0 Å². The zero-order valence-corrected chi connectivity index (χ0v) is 20.1. The first kappa shape index (κ1) is 31.8. The summed E-state index contributed by atoms with van der Waals surface area (Å²) in [4.78, 5) is 23.2. The minimum absolute atomic E-state index is 0. The average Bonchev–Trinajstić information content (AvgIpc) is 3.14. The van der Waals surface area contributed by atoms with Gasteiger partial charge in [0.25, 0.3) is 0 Å². The third-order valence-corrected chi connectivity index (χ3v) is 6.24. The summed E-state index contributed by atoms with van der Waals surface area (Å²) >= 11 is 0. The van der Waals surface area contributed by atoms with Crippen molar-refractivity contribution in [2.24, 2.45) is 11.8 Å². The van der Waals surface area contributed by atoms with Crippen molar-refractivity contribution in [2.45, 2.75) is 91.9 Å². The number of carbonyl (C=O) groups excluding carboxylic acids is 3. The minimum Gasteiger partial charge on any atom is -0.545 e. The minimum atomic E-state index is 0. The first-order valence-electron chi connectivity index (χ1n) is 10.2. The van der Waals surface area contributed by atoms with Crippen LogP contribution in [0.25, 0.3) is 0 Å². The molecule has 1 aliphatic carbocycles. The molecule has 0 saturated carbocycles. The standard InChI is InChI=1S/C21H35.3CHO.Ti/c1-7-14-13-15(8-2)21-19(12-6)17(10-4)16(9-3)18(11-5)20(14)21;3*1-2;/h13,16-19H,7-12H2,1-6H3;3*1H;/q4*-1;+4. The third-order valence-electron chi connectivity index (χ3n) is 6.24. The molecule has 0 fully saturated rings. The first-order chi connectivity index (χ1) is 13.2. The van der Waals surface area contributed by atoms with E-state index in [-0.39, 0.29) is 21.7 Å². The molecule has 0 aromatic heterocycles. The van der Waals surface area contributed by atoms with E-state index in [1.54, 1.807) is 22.3 Å². The van der Waals surface area contributed by atoms with Gasteiger partial charge < -0.3 is 14.4 Å². The maximum atomic E-state index is 7.75. The quantitative estimate of drug-likeness (QED) is 0.333. The molecule has 4 heteroatoms. The SMILES string of the molecule is CCc1c[c-](CC)c2c1C(CC)C(CC)C(CC)C2CC.[CH-]=O.[CH-]=O.[CH-]=O.[Ti+4]. The van der Waals surface area contributed by atoms with Gasteiger partial charge in [-0.25, -0.2) is 0 Å². The molecule has 0 bridgehead atoms. The Morgan fingerprint density at radius 2 is 1.18 bits per heavy atom. The predicted octanol–water partition coefficient (Wildman–Crippen LogP) is 5.76. The Balaban J connectivity index is -0.000000815. The van der Waals surface area contributed by atoms with Crippen LogP contribution in [0.2, 0.25) is 0 Å². The molecule has 2 rings (SSSR count). The van der Waals surface area contributed by atoms with Gasteiger partial charge in [-0.1, -0.05) is 86.0 Å². The molecule has 0 amide bonds. The van der Waals surface area contributed by atoms with Gasteiger partial charge in [-0.2, -0.15) is 28.3 Å². The summed E-state index contributed by atoms with van der Waals surface area (Å²) in [7, 11) is 0. The molecule has 0 heterocycles. The van der Waals surface area contributed by atoms with Gasteiger partial charge in [-0.3, -0.25) is 20.4 Å². The molecule has 1 aromatic rings. The zero-order valence-electron chi connectivity index (χ0n) is 18.6. The summed E-state index contributed by atoms with van der Waals surface area (Å²) in [5.41, 5.74) is 6.92. The monoisotopic (exact) mass is 422 g/mol. The van der Waals surface area contributed by atoms with Gasteiger partial charge in [0, 0.05) is 0 Å². The molecule has 0 aliphatic heterocycles. The van der Waals surface area contributed by atoms with Crippen LogP contribution in [0.3, 0.4) is 0 Å². The summed E-state index contributed by atoms with van der Waals surface area (Å²) in [6.07, 6.45) is 7.76. The average molecular weight is 422 g/mol. The Labute approximate surface area is 188 Å². The second-order valence-corrected chi connectivity index (χ2v) is 6.90. The fraction of sp³-hybridized carbons (Fsp3) is 0.667. The van der Waals surface area contributed by atoms with Crippen molar-refractivity contribution >= 4 is 20.4 Å². The van der Waals surface area contributed by atoms with Crippen LogP contribution in [0.5, 0.6) is 0 Å². The number of hydrogen-bond donors (Lipinski definition) is 0. The Hall–Kier alpha value is -0.926. The van der Waals surface area contributed by atoms with Gasteiger partial charge in [-0.15, -0.1) is 0 Å². The topological polar surface area (TPSA) is 51.2 Å². The van der Waals surface area contributed by atoms with E-state index < -0.39 is 0 Å². The fourth-order valence-corrected chi connectivity index (χ4v) is 5.39. The van der Waals surface area contributed by atoms with Crippen molar-refractivity contribution < 1.29 is 36.1 Å². The van der Waals surface area contributed by atoms with E-state index in [9.17, 15) is 0 Å². The van der Waals surface area contributed by atoms with E-state index in [4.69, 9.17) is 14.4 Å². The van der Waals surface area contributed by atoms with Crippen molar-refractivity contribution in [1.82, 2.24) is 0 Å². The zero-order chi connectivity index (χ0) is 21.6. The van der Waals surface area contributed by atoms with Crippen LogP contribution in [0.1, 0.15) is 101 Å². The normalized spacial score (nSPS) is 21.9. The Morgan fingerprint density at radius 1 is 0.750 bits per heavy atom. The Bertz CT molecular complexity index is 467. The van der Waals surface area contributed by atoms with Crippen molar-refractivity contribution in [2.75, 3.05) is 0 Å². The van der Waals surface area contributed by atoms with Gasteiger partial charge in [-0.05, 0) is 17.8 Å². The second kappa shape index (κ2) is 18.1. The smallest absolute Gasteiger partial charge is 0.545 e. The summed E-state index contributed by atoms with van der Waals surface area (Å²) in [5.74, 6) is 3.42. The molecule has 4 atom stereocenters. The molecule has 28 heavy (non-hydrogen) atoms. The van der Waals surface area contributed by atoms with E-state index in [0.29, 0.717) is 0 Å². The molecule has 0 saturated heterocycles. The molecule has 3 nitrogen and oxygen atoms in total. The van der Waals surface area contributed by atoms with Crippen LogP contribution in [0.4, 0.5) is 0 Å². The number of rotatable bonds is 6. The molecule has 0 radical (unpaired) electrons. The third kappa shape index (κ3) is 6.56. The van der Waals surface area contributed by atoms with Crippen molar-refractivity contribution in [1.29, 1.82) is 0 Å². The first-order valence-corrected chi connectivity index (χ1v) is 10.2. The van der Waals surface area contributed by atoms with Crippen molar-refractivity contribution in [3.63, 3.8) is 0 Å². The Morgan fingerprint density at radius 3 is 1.50 bits per heavy atom. The molecular weight excluding hydrogens is 384 g/mol. The molecule has 0 spiro atoms. The van der Waals surface area contributed by atoms with E-state index in [0.717, 1.165) is 23.7 Å². The van der Waals surface area contributed by atoms with E-state index in [1.807, 2.05) is 0 Å². The van der Waals surface area contributed by atoms with Gasteiger partial charge in [0.2, 0.25) is 0 Å². The summed E-state index contributed by atoms with van der Waals surface area (Å²) in [5, 5.41) is 0. The van der Waals surface area contributed by atoms with Crippen LogP contribution in [-0.2, 0) is 48.9 Å². The number of fused-ring (bicyclic) bond motifs is 1. The molecule has 1 aromatic carbocycles. The van der Waals surface area contributed by atoms with Crippen molar-refractivity contribution in [3.8, 4) is 0 Å². The molecule has 1 aliphatic rings. The number of aryl methyl sites for hydroxylation is 2. The Kier molecular flexibility index (Phi) is 20.6. The van der Waals surface area contributed by atoms with Crippen LogP contribution < -0.4 is 0 Å². The van der Waals surface area contributed by atoms with E-state index in [2.05, 4.69) is 68.0 Å². The molecular formula is C24H38O3Ti. The summed E-state index contributed by atoms with van der Waals surface area (Å²) in [6.45, 7) is 24.1. The van der Waals surface area contributed by atoms with Crippen molar-refractivity contribution in [3.05, 3.63) is 28.3 Å². The van der Waals surface area contributed by atoms with Crippen LogP contribution in [0, 0.1) is 11.8 Å². The summed E-state index contributed by atoms with van der Waals surface area (Å²) in [6, 6.07) is 2.56. The van der Waals surface area contributed by atoms with Crippen LogP contribution >= 0.6 is 0 Å². The van der Waals surface area contributed by atoms with Crippen LogP contribution in [0.15, 0.2) is 6.07 Å². The van der Waals surface area contributed by atoms with E-state index in [1.165, 1.54) is 38.5 Å². The van der Waals surface area contributed by atoms with Gasteiger partial charge in [0.05, 0.1) is 0 Å². The largest absolute Gasteiger partial charge is 4.00 e. The maximum Gasteiger partial charge on any atom is 4.00 e. The second-order valence-electron chi connectivity index (χ2n) is 6.90. The molecule has 4 unspecified atom stereocenters. The van der Waals surface area contributed by atoms with Crippen LogP contribution in [-0.4, -0.2) is 20.4 Å². The number of hydrogen-bond acceptors (Lipinski definition) is 3. The molecule has 0 N–H and O–H groups in total. The van der Waals surface area contributed by atoms with Gasteiger partial charge in [0.15, 0.2) is 0 Å². The fourth-order valence-electron chi connectivity index (χ4n) is 5.39. The molecule has 156 valence electrons. The van der Waals surface area contributed by atoms with Gasteiger partial charge >= 0.3 is 21.7 Å². The predicted molar refractivity (Wildman–Crippen MR) is 115 cm³/mol. The summed E-state index contributed by atoms with van der Waals surface area (Å²) < 4.78 is 0. The van der Waals surface area contributed by atoms with Gasteiger partial charge in [0.1, 0.15) is 0 Å².